The number of alkyl halides is 2. The van der Waals surface area contributed by atoms with E-state index in [4.69, 9.17) is 4.74 Å². The Morgan fingerprint density at radius 3 is 2.48 bits per heavy atom. The molecule has 4 rings (SSSR count). The monoisotopic (exact) mass is 456 g/mol. The van der Waals surface area contributed by atoms with Gasteiger partial charge in [-0.2, -0.15) is 8.78 Å². The minimum Gasteiger partial charge on any atom is -0.487 e. The van der Waals surface area contributed by atoms with Crippen molar-refractivity contribution < 1.29 is 28.2 Å². The summed E-state index contributed by atoms with van der Waals surface area (Å²) >= 11 is 0. The Hall–Kier alpha value is -3.13. The molecule has 6 nitrogen and oxygen atoms in total. The number of benzene rings is 1. The van der Waals surface area contributed by atoms with Crippen molar-refractivity contribution in [3.8, 4) is 11.5 Å². The van der Waals surface area contributed by atoms with Gasteiger partial charge in [-0.05, 0) is 68.0 Å². The zero-order valence-corrected chi connectivity index (χ0v) is 18.5. The number of aliphatic hydroxyl groups is 1. The van der Waals surface area contributed by atoms with Gasteiger partial charge in [0, 0.05) is 24.8 Å². The number of dihydropyridines is 1. The summed E-state index contributed by atoms with van der Waals surface area (Å²) in [7, 11) is 0. The van der Waals surface area contributed by atoms with Crippen LogP contribution in [0.1, 0.15) is 62.3 Å². The number of hydrogen-bond donors (Lipinski definition) is 1. The Kier molecular flexibility index (Phi) is 6.56. The third-order valence-corrected chi connectivity index (χ3v) is 5.57. The van der Waals surface area contributed by atoms with Gasteiger partial charge in [0.25, 0.3) is 0 Å². The fourth-order valence-electron chi connectivity index (χ4n) is 3.64. The van der Waals surface area contributed by atoms with E-state index in [9.17, 15) is 18.7 Å². The molecule has 1 amide bonds. The van der Waals surface area contributed by atoms with E-state index < -0.39 is 12.2 Å². The number of aromatic nitrogens is 1. The Bertz CT molecular complexity index is 1070. The zero-order valence-electron chi connectivity index (χ0n) is 18.5. The van der Waals surface area contributed by atoms with E-state index in [0.29, 0.717) is 12.1 Å². The summed E-state index contributed by atoms with van der Waals surface area (Å²) in [6.45, 7) is 0.374. The quantitative estimate of drug-likeness (QED) is 0.580. The summed E-state index contributed by atoms with van der Waals surface area (Å²) in [5.41, 5.74) is 2.05. The molecule has 1 atom stereocenters. The highest BCUT2D eigenvalue weighted by atomic mass is 19.3. The van der Waals surface area contributed by atoms with Crippen LogP contribution in [-0.2, 0) is 10.4 Å². The predicted molar refractivity (Wildman–Crippen MR) is 119 cm³/mol. The van der Waals surface area contributed by atoms with Gasteiger partial charge in [0.1, 0.15) is 5.60 Å². The van der Waals surface area contributed by atoms with Gasteiger partial charge in [0.2, 0.25) is 5.91 Å². The van der Waals surface area contributed by atoms with Gasteiger partial charge in [0.05, 0.1) is 11.8 Å². The van der Waals surface area contributed by atoms with Gasteiger partial charge >= 0.3 is 6.61 Å². The van der Waals surface area contributed by atoms with Crippen LogP contribution in [0, 0.1) is 0 Å². The second-order valence-electron chi connectivity index (χ2n) is 8.83. The lowest BCUT2D eigenvalue weighted by Crippen LogP contribution is -2.17. The van der Waals surface area contributed by atoms with E-state index in [1.807, 2.05) is 12.1 Å². The third kappa shape index (κ3) is 6.01. The van der Waals surface area contributed by atoms with E-state index in [1.54, 1.807) is 44.5 Å². The summed E-state index contributed by atoms with van der Waals surface area (Å²) in [5.74, 6) is -0.122. The van der Waals surface area contributed by atoms with E-state index >= 15 is 0 Å². The first-order valence-corrected chi connectivity index (χ1v) is 10.9. The van der Waals surface area contributed by atoms with Crippen LogP contribution in [-0.4, -0.2) is 34.9 Å². The van der Waals surface area contributed by atoms with Crippen LogP contribution in [0.25, 0.3) is 0 Å². The van der Waals surface area contributed by atoms with Crippen LogP contribution in [0.15, 0.2) is 53.2 Å². The summed E-state index contributed by atoms with van der Waals surface area (Å²) in [6.07, 6.45) is 7.64. The lowest BCUT2D eigenvalue weighted by Gasteiger charge is -2.22. The molecule has 0 spiro atoms. The Morgan fingerprint density at radius 1 is 1.15 bits per heavy atom. The van der Waals surface area contributed by atoms with Crippen LogP contribution in [0.2, 0.25) is 0 Å². The van der Waals surface area contributed by atoms with Crippen molar-refractivity contribution in [3.05, 3.63) is 65.0 Å². The molecule has 2 aliphatic rings. The minimum atomic E-state index is -2.95. The van der Waals surface area contributed by atoms with Crippen molar-refractivity contribution in [1.82, 2.24) is 4.98 Å². The van der Waals surface area contributed by atoms with Gasteiger partial charge in [-0.25, -0.2) is 4.99 Å². The molecule has 1 aliphatic heterocycles. The molecule has 2 heterocycles. The standard InChI is InChI=1S/C25H26F2N2O4/c1-25(2,31)22-9-5-17(14-28-22)19(11-15-3-10-23(30)29-13-15)16-4-8-20(33-24(26)27)21(12-16)32-18-6-7-18/h3-5,8-9,12-14,18-19,24,31H,6-7,10-11H2,1-2H3. The van der Waals surface area contributed by atoms with Crippen LogP contribution < -0.4 is 9.47 Å². The number of carbonyl (C=O) groups is 1. The normalized spacial score (nSPS) is 17.2. The number of aliphatic imine (C=N–C) groups is 1. The van der Waals surface area contributed by atoms with Crippen LogP contribution >= 0.6 is 0 Å². The molecular formula is C25H26F2N2O4. The molecule has 1 aromatic carbocycles. The van der Waals surface area contributed by atoms with Gasteiger partial charge in [-0.1, -0.05) is 18.2 Å². The molecule has 1 saturated carbocycles. The molecule has 0 radical (unpaired) electrons. The third-order valence-electron chi connectivity index (χ3n) is 5.57. The van der Waals surface area contributed by atoms with Gasteiger partial charge in [-0.15, -0.1) is 0 Å². The van der Waals surface area contributed by atoms with Crippen molar-refractivity contribution >= 4 is 12.1 Å². The molecule has 2 aromatic rings. The predicted octanol–water partition coefficient (Wildman–Crippen LogP) is 4.90. The highest BCUT2D eigenvalue weighted by molar-refractivity contribution is 5.95. The molecule has 1 unspecified atom stereocenters. The largest absolute Gasteiger partial charge is 0.487 e. The SMILES string of the molecule is CC(C)(O)c1ccc(C(CC2=CCC(=O)N=C2)c2ccc(OC(F)F)c(OC3CC3)c2)cn1. The van der Waals surface area contributed by atoms with E-state index in [0.717, 1.165) is 29.5 Å². The molecule has 1 aliphatic carbocycles. The average molecular weight is 456 g/mol. The summed E-state index contributed by atoms with van der Waals surface area (Å²) < 4.78 is 36.3. The van der Waals surface area contributed by atoms with Crippen LogP contribution in [0.4, 0.5) is 8.78 Å². The maximum absolute atomic E-state index is 12.9. The molecule has 8 heteroatoms. The highest BCUT2D eigenvalue weighted by Gasteiger charge is 2.27. The van der Waals surface area contributed by atoms with Crippen molar-refractivity contribution in [3.63, 3.8) is 0 Å². The molecule has 33 heavy (non-hydrogen) atoms. The molecule has 0 saturated heterocycles. The van der Waals surface area contributed by atoms with Gasteiger partial charge in [0.15, 0.2) is 11.5 Å². The lowest BCUT2D eigenvalue weighted by atomic mass is 9.85. The first-order chi connectivity index (χ1) is 15.7. The molecular weight excluding hydrogens is 430 g/mol. The second kappa shape index (κ2) is 9.39. The maximum Gasteiger partial charge on any atom is 0.387 e. The summed E-state index contributed by atoms with van der Waals surface area (Å²) in [4.78, 5) is 19.8. The molecule has 1 N–H and O–H groups in total. The smallest absolute Gasteiger partial charge is 0.387 e. The molecule has 174 valence electrons. The Labute approximate surface area is 191 Å². The van der Waals surface area contributed by atoms with Crippen molar-refractivity contribution in [2.24, 2.45) is 4.99 Å². The van der Waals surface area contributed by atoms with Crippen LogP contribution in [0.3, 0.4) is 0 Å². The lowest BCUT2D eigenvalue weighted by molar-refractivity contribution is -0.117. The highest BCUT2D eigenvalue weighted by Crippen LogP contribution is 2.40. The number of hydrogen-bond acceptors (Lipinski definition) is 5. The van der Waals surface area contributed by atoms with Crippen molar-refractivity contribution in [1.29, 1.82) is 0 Å². The number of rotatable bonds is 9. The second-order valence-corrected chi connectivity index (χ2v) is 8.83. The van der Waals surface area contributed by atoms with E-state index in [-0.39, 0.29) is 35.8 Å². The van der Waals surface area contributed by atoms with Gasteiger partial charge in [-0.3, -0.25) is 9.78 Å². The number of pyridine rings is 1. The fraction of sp³-hybridized carbons (Fsp3) is 0.400. The molecule has 1 aromatic heterocycles. The summed E-state index contributed by atoms with van der Waals surface area (Å²) in [5, 5.41) is 10.2. The number of carbonyl (C=O) groups excluding carboxylic acids is 1. The van der Waals surface area contributed by atoms with Crippen LogP contribution in [0.5, 0.6) is 11.5 Å². The fourth-order valence-corrected chi connectivity index (χ4v) is 3.64. The number of ether oxygens (including phenoxy) is 2. The number of allylic oxidation sites excluding steroid dienone is 1. The maximum atomic E-state index is 12.9. The zero-order chi connectivity index (χ0) is 23.6. The van der Waals surface area contributed by atoms with E-state index in [2.05, 4.69) is 14.7 Å². The van der Waals surface area contributed by atoms with Crippen molar-refractivity contribution in [2.45, 2.75) is 63.8 Å². The molecule has 0 bridgehead atoms. The topological polar surface area (TPSA) is 81.0 Å². The van der Waals surface area contributed by atoms with E-state index in [1.165, 1.54) is 6.07 Å². The number of halogens is 2. The number of nitrogens with zero attached hydrogens (tertiary/aromatic N) is 2. The average Bonchev–Trinajstić information content (AvgIpc) is 3.58. The Morgan fingerprint density at radius 2 is 1.91 bits per heavy atom. The Balaban J connectivity index is 1.70. The molecule has 1 fully saturated rings. The number of amides is 1. The first kappa shape index (κ1) is 23.0. The first-order valence-electron chi connectivity index (χ1n) is 10.9. The minimum absolute atomic E-state index is 0.000978. The van der Waals surface area contributed by atoms with Crippen molar-refractivity contribution in [2.75, 3.05) is 0 Å². The summed E-state index contributed by atoms with van der Waals surface area (Å²) in [6, 6.07) is 8.62. The van der Waals surface area contributed by atoms with Gasteiger partial charge < -0.3 is 14.6 Å².